The summed E-state index contributed by atoms with van der Waals surface area (Å²) in [5, 5.41) is 21.8. The molecule has 6 aliphatic heterocycles. The molecule has 11 rings (SSSR count). The van der Waals surface area contributed by atoms with Crippen molar-refractivity contribution < 1.29 is 89.5 Å². The van der Waals surface area contributed by atoms with Crippen LogP contribution in [0, 0.1) is 30.1 Å². The fourth-order valence-corrected chi connectivity index (χ4v) is 15.5. The van der Waals surface area contributed by atoms with Gasteiger partial charge in [-0.1, -0.05) is 153 Å². The van der Waals surface area contributed by atoms with E-state index in [4.69, 9.17) is 38.1 Å². The average molecular weight is 1390 g/mol. The van der Waals surface area contributed by atoms with Gasteiger partial charge in [0.2, 0.25) is 34.3 Å². The Morgan fingerprint density at radius 1 is 0.568 bits per heavy atom. The molecule has 0 radical (unpaired) electrons. The Balaban J connectivity index is 0.000000191. The number of carbonyl (C=O) groups excluding carboxylic acids is 7. The minimum atomic E-state index is -1.51. The second kappa shape index (κ2) is 34.3. The Hall–Kier alpha value is -6.27. The molecule has 95 heavy (non-hydrogen) atoms. The van der Waals surface area contributed by atoms with Gasteiger partial charge >= 0.3 is 44.9 Å². The topological polar surface area (TPSA) is 225 Å². The van der Waals surface area contributed by atoms with Crippen molar-refractivity contribution in [3.05, 3.63) is 120 Å². The number of allylic oxidation sites excluding steroid dienone is 3. The van der Waals surface area contributed by atoms with E-state index in [1.54, 1.807) is 52.2 Å². The second-order valence-corrected chi connectivity index (χ2v) is 26.7. The quantitative estimate of drug-likeness (QED) is 0.0101. The Kier molecular flexibility index (Phi) is 27.5. The maximum absolute atomic E-state index is 13.8. The van der Waals surface area contributed by atoms with Crippen molar-refractivity contribution >= 4 is 51.6 Å². The molecule has 18 nitrogen and oxygen atoms in total. The zero-order valence-electron chi connectivity index (χ0n) is 57.6. The van der Waals surface area contributed by atoms with E-state index in [1.807, 2.05) is 73.7 Å². The SMILES string of the molecule is C1=CCCC[CH-]1.CCCCCC[C@@H]1C(=O)N(Cc2ccc(OC)cc2)C2(C=O)C(=O)O[C@@]12C.CCCCCC[C@@H]1C(=O)N(Cc2ccc(OC)cc2)C2(CO)C(=O)O[C@@]12C.CCCCCC[C@@H]1C(=O)N(Cc2ccc(OC)cc2)C2([C@@H](O)[C@@H]3C=CCCC3)C(=O)O[C@@]12C.[Cl][Zn+]. The van der Waals surface area contributed by atoms with Crippen LogP contribution in [0.25, 0.3) is 0 Å². The van der Waals surface area contributed by atoms with Crippen LogP contribution in [0.2, 0.25) is 0 Å². The number of esters is 3. The molecule has 2 N–H and O–H groups in total. The van der Waals surface area contributed by atoms with Gasteiger partial charge in [0.25, 0.3) is 0 Å². The summed E-state index contributed by atoms with van der Waals surface area (Å²) in [6.07, 6.45) is 31.4. The van der Waals surface area contributed by atoms with E-state index in [2.05, 4.69) is 45.4 Å². The molecule has 11 atom stereocenters. The molecule has 0 aromatic heterocycles. The third kappa shape index (κ3) is 14.7. The normalized spacial score (nSPS) is 29.0. The number of halogens is 1. The Bertz CT molecular complexity index is 3120. The summed E-state index contributed by atoms with van der Waals surface area (Å²) < 4.78 is 32.3. The number of aldehydes is 1. The van der Waals surface area contributed by atoms with Crippen LogP contribution in [0.4, 0.5) is 0 Å². The standard InChI is InChI=1S/C27H37NO5.C21H29NO5.C21H27NO5.C6H9.ClH.Zn/c1-4-5-6-10-13-22-24(30)28(18-19-14-16-21(32-3)17-15-19)27(25(31)33-26(22,27)2)23(29)20-11-8-7-9-12-20;2*1-4-5-6-7-8-17-18(24)22(13-15-9-11-16(26-3)12-10-15)21(14-23)19(25)27-20(17,21)2;1-2-4-6-5-3-1;;/h8,11,14-17,20,22-23,29H,4-7,9-10,12-13,18H2,1-3H3;9-12,17,23H,4-8,13-14H2,1-3H3;9-12,14,17H,4-8,13H2,1-3H3;1-3H,4-6H2;1H;/q;;;-1;;+2/p-1/t20-,22-,23+,26+,27?;2*17-,20+,21?;;;/m111.../s1. The molecular formula is C75H102ClN3O15Zn. The van der Waals surface area contributed by atoms with Crippen LogP contribution >= 0.6 is 9.69 Å². The summed E-state index contributed by atoms with van der Waals surface area (Å²) in [5.74, 6) is -1.31. The third-order valence-electron chi connectivity index (χ3n) is 21.3. The first-order chi connectivity index (χ1) is 45.8. The number of benzene rings is 3. The fourth-order valence-electron chi connectivity index (χ4n) is 15.5. The maximum atomic E-state index is 13.8. The number of likely N-dealkylation sites (tertiary alicyclic amines) is 3. The molecular weight excluding hydrogens is 1280 g/mol. The van der Waals surface area contributed by atoms with Crippen LogP contribution in [0.3, 0.4) is 0 Å². The van der Waals surface area contributed by atoms with Gasteiger partial charge in [0.1, 0.15) is 17.2 Å². The predicted octanol–water partition coefficient (Wildman–Crippen LogP) is 12.6. The molecule has 6 fully saturated rings. The number of aliphatic hydroxyl groups excluding tert-OH is 2. The summed E-state index contributed by atoms with van der Waals surface area (Å²) >= 11 is 0.847. The van der Waals surface area contributed by atoms with Crippen LogP contribution < -0.4 is 14.2 Å². The van der Waals surface area contributed by atoms with Crippen LogP contribution in [-0.2, 0) is 84.7 Å². The van der Waals surface area contributed by atoms with E-state index in [-0.39, 0.29) is 43.3 Å². The average Bonchev–Trinajstić information content (AvgIpc) is 1.54. The molecule has 6 heterocycles. The number of ether oxygens (including phenoxy) is 6. The van der Waals surface area contributed by atoms with Crippen LogP contribution in [0.15, 0.2) is 97.1 Å². The monoisotopic (exact) mass is 1380 g/mol. The number of unbranched alkanes of at least 4 members (excludes halogenated alkanes) is 9. The number of methoxy groups -OCH3 is 3. The fraction of sp³-hybridized carbons (Fsp3) is 0.600. The number of nitrogens with zero attached hydrogens (tertiary/aromatic N) is 3. The van der Waals surface area contributed by atoms with E-state index >= 15 is 0 Å². The Morgan fingerprint density at radius 2 is 0.989 bits per heavy atom. The first-order valence-electron chi connectivity index (χ1n) is 34.5. The minimum absolute atomic E-state index is 0.0884. The predicted molar refractivity (Wildman–Crippen MR) is 358 cm³/mol. The summed E-state index contributed by atoms with van der Waals surface area (Å²) in [6, 6.07) is 22.2. The van der Waals surface area contributed by atoms with E-state index in [0.29, 0.717) is 31.3 Å². The molecule has 0 saturated carbocycles. The van der Waals surface area contributed by atoms with Gasteiger partial charge in [-0.15, -0.1) is 12.8 Å². The van der Waals surface area contributed by atoms with Gasteiger partial charge in [0.15, 0.2) is 23.1 Å². The van der Waals surface area contributed by atoms with Gasteiger partial charge in [0.05, 0.1) is 51.8 Å². The Morgan fingerprint density at radius 3 is 1.36 bits per heavy atom. The molecule has 3 amide bonds. The zero-order chi connectivity index (χ0) is 69.2. The number of hydrogen-bond donors (Lipinski definition) is 2. The number of carbonyl (C=O) groups is 7. The summed E-state index contributed by atoms with van der Waals surface area (Å²) in [5.41, 5.74) is -4.61. The molecule has 20 heteroatoms. The van der Waals surface area contributed by atoms with Gasteiger partial charge < -0.3 is 53.3 Å². The number of rotatable bonds is 28. The number of aliphatic hydroxyl groups is 2. The molecule has 516 valence electrons. The van der Waals surface area contributed by atoms with Crippen LogP contribution in [0.1, 0.15) is 193 Å². The Labute approximate surface area is 577 Å². The van der Waals surface area contributed by atoms with Gasteiger partial charge in [-0.2, -0.15) is 0 Å². The molecule has 6 saturated heterocycles. The molecule has 3 aromatic carbocycles. The molecule has 0 spiro atoms. The van der Waals surface area contributed by atoms with Crippen molar-refractivity contribution in [2.24, 2.45) is 23.7 Å². The van der Waals surface area contributed by atoms with Gasteiger partial charge in [-0.25, -0.2) is 33.0 Å². The van der Waals surface area contributed by atoms with E-state index < -0.39 is 81.8 Å². The molecule has 0 bridgehead atoms. The second-order valence-electron chi connectivity index (χ2n) is 26.7. The molecule has 3 unspecified atom stereocenters. The van der Waals surface area contributed by atoms with Crippen molar-refractivity contribution in [3.8, 4) is 17.2 Å². The first-order valence-corrected chi connectivity index (χ1v) is 38.4. The van der Waals surface area contributed by atoms with E-state index in [1.165, 1.54) is 29.1 Å². The summed E-state index contributed by atoms with van der Waals surface area (Å²) in [4.78, 5) is 95.0. The van der Waals surface area contributed by atoms with Gasteiger partial charge in [-0.3, -0.25) is 19.2 Å². The first kappa shape index (κ1) is 76.1. The van der Waals surface area contributed by atoms with E-state index in [9.17, 15) is 43.8 Å². The molecule has 2 aliphatic carbocycles. The van der Waals surface area contributed by atoms with Crippen molar-refractivity contribution in [3.63, 3.8) is 0 Å². The van der Waals surface area contributed by atoms with Crippen molar-refractivity contribution in [2.75, 3.05) is 27.9 Å². The van der Waals surface area contributed by atoms with Crippen LogP contribution in [-0.4, -0.2) is 134 Å². The van der Waals surface area contributed by atoms with Gasteiger partial charge in [-0.05, 0) is 112 Å². The molecule has 8 aliphatic rings. The number of fused-ring (bicyclic) bond motifs is 3. The van der Waals surface area contributed by atoms with Gasteiger partial charge in [0, 0.05) is 25.6 Å². The summed E-state index contributed by atoms with van der Waals surface area (Å²) in [6.45, 7) is 12.1. The summed E-state index contributed by atoms with van der Waals surface area (Å²) in [7, 11) is 9.55. The number of hydrogen-bond acceptors (Lipinski definition) is 15. The number of amides is 3. The van der Waals surface area contributed by atoms with Crippen LogP contribution in [0.5, 0.6) is 17.2 Å². The molecule has 3 aromatic rings. The van der Waals surface area contributed by atoms with Crippen molar-refractivity contribution in [1.82, 2.24) is 14.7 Å². The van der Waals surface area contributed by atoms with E-state index in [0.717, 1.165) is 142 Å². The zero-order valence-corrected chi connectivity index (χ0v) is 61.3. The van der Waals surface area contributed by atoms with Crippen molar-refractivity contribution in [2.45, 2.75) is 236 Å². The van der Waals surface area contributed by atoms with Crippen molar-refractivity contribution in [1.29, 1.82) is 0 Å². The third-order valence-corrected chi connectivity index (χ3v) is 21.3.